The summed E-state index contributed by atoms with van der Waals surface area (Å²) in [6.07, 6.45) is 2.33. The highest BCUT2D eigenvalue weighted by atomic mass is 16.5. The van der Waals surface area contributed by atoms with Crippen molar-refractivity contribution in [3.8, 4) is 5.75 Å². The van der Waals surface area contributed by atoms with E-state index in [4.69, 9.17) is 21.3 Å². The molecule has 1 aromatic rings. The number of carbonyl (C=O) groups excluding carboxylic acids is 1. The van der Waals surface area contributed by atoms with Crippen LogP contribution in [0.15, 0.2) is 24.3 Å². The number of carbonyl (C=O) groups is 1. The molecule has 19 heavy (non-hydrogen) atoms. The van der Waals surface area contributed by atoms with Gasteiger partial charge >= 0.3 is 0 Å². The van der Waals surface area contributed by atoms with Gasteiger partial charge in [-0.2, -0.15) is 0 Å². The van der Waals surface area contributed by atoms with Crippen LogP contribution in [0.2, 0.25) is 0 Å². The molecular weight excluding hydrogens is 244 g/mol. The summed E-state index contributed by atoms with van der Waals surface area (Å²) in [5.41, 5.74) is 11.4. The molecule has 0 saturated heterocycles. The van der Waals surface area contributed by atoms with E-state index in [0.717, 1.165) is 17.7 Å². The number of benzene rings is 1. The molecule has 1 aliphatic rings. The first-order valence-corrected chi connectivity index (χ1v) is 6.49. The minimum Gasteiger partial charge on any atom is -0.490 e. The third-order valence-electron chi connectivity index (χ3n) is 3.62. The third kappa shape index (κ3) is 3.24. The molecule has 5 nitrogen and oxygen atoms in total. The van der Waals surface area contributed by atoms with Gasteiger partial charge in [-0.05, 0) is 37.0 Å². The van der Waals surface area contributed by atoms with Crippen molar-refractivity contribution in [2.24, 2.45) is 11.5 Å². The highest BCUT2D eigenvalue weighted by molar-refractivity contribution is 5.84. The van der Waals surface area contributed by atoms with Crippen LogP contribution in [0, 0.1) is 0 Å². The van der Waals surface area contributed by atoms with Gasteiger partial charge in [-0.1, -0.05) is 12.1 Å². The van der Waals surface area contributed by atoms with Crippen molar-refractivity contribution in [1.29, 1.82) is 0 Å². The molecule has 0 spiro atoms. The number of aliphatic hydroxyl groups excluding tert-OH is 1. The van der Waals surface area contributed by atoms with Gasteiger partial charge < -0.3 is 21.3 Å². The van der Waals surface area contributed by atoms with E-state index < -0.39 is 11.4 Å². The fraction of sp³-hybridized carbons (Fsp3) is 0.500. The van der Waals surface area contributed by atoms with E-state index in [1.54, 1.807) is 0 Å². The maximum absolute atomic E-state index is 11.3. The number of amides is 1. The van der Waals surface area contributed by atoms with Crippen molar-refractivity contribution in [1.82, 2.24) is 0 Å². The van der Waals surface area contributed by atoms with Crippen molar-refractivity contribution in [2.45, 2.75) is 37.3 Å². The Morgan fingerprint density at radius 1 is 1.42 bits per heavy atom. The molecule has 1 aromatic carbocycles. The standard InChI is InChI=1S/C14H20N2O3/c15-13(18)14(16)7-5-12(9-14)19-11-3-1-10(2-4-11)6-8-17/h1-4,12,17H,5-9,16H2,(H2,15,18). The van der Waals surface area contributed by atoms with Crippen molar-refractivity contribution in [3.05, 3.63) is 29.8 Å². The number of nitrogens with two attached hydrogens (primary N) is 2. The molecule has 2 atom stereocenters. The minimum atomic E-state index is -0.929. The largest absolute Gasteiger partial charge is 0.490 e. The van der Waals surface area contributed by atoms with Gasteiger partial charge in [-0.15, -0.1) is 0 Å². The predicted octanol–water partition coefficient (Wildman–Crippen LogP) is 0.336. The average molecular weight is 264 g/mol. The van der Waals surface area contributed by atoms with Crippen molar-refractivity contribution < 1.29 is 14.6 Å². The van der Waals surface area contributed by atoms with Crippen LogP contribution >= 0.6 is 0 Å². The van der Waals surface area contributed by atoms with Crippen LogP contribution in [0.4, 0.5) is 0 Å². The zero-order chi connectivity index (χ0) is 13.9. The summed E-state index contributed by atoms with van der Waals surface area (Å²) in [4.78, 5) is 11.3. The van der Waals surface area contributed by atoms with Crippen LogP contribution in [-0.4, -0.2) is 29.3 Å². The number of aliphatic hydroxyl groups is 1. The van der Waals surface area contributed by atoms with Gasteiger partial charge in [0.1, 0.15) is 11.9 Å². The lowest BCUT2D eigenvalue weighted by atomic mass is 9.99. The molecule has 0 bridgehead atoms. The molecule has 1 amide bonds. The molecule has 0 radical (unpaired) electrons. The van der Waals surface area contributed by atoms with E-state index in [-0.39, 0.29) is 12.7 Å². The number of primary amides is 1. The average Bonchev–Trinajstić information content (AvgIpc) is 2.75. The Balaban J connectivity index is 1.94. The van der Waals surface area contributed by atoms with Crippen molar-refractivity contribution in [2.75, 3.05) is 6.61 Å². The van der Waals surface area contributed by atoms with Gasteiger partial charge in [-0.3, -0.25) is 4.79 Å². The molecule has 0 aromatic heterocycles. The Bertz CT molecular complexity index is 447. The van der Waals surface area contributed by atoms with Crippen LogP contribution < -0.4 is 16.2 Å². The molecule has 5 N–H and O–H groups in total. The summed E-state index contributed by atoms with van der Waals surface area (Å²) in [5, 5.41) is 8.84. The van der Waals surface area contributed by atoms with E-state index >= 15 is 0 Å². The summed E-state index contributed by atoms with van der Waals surface area (Å²) < 4.78 is 5.80. The van der Waals surface area contributed by atoms with Gasteiger partial charge in [0.2, 0.25) is 5.91 Å². The van der Waals surface area contributed by atoms with Crippen LogP contribution in [0.5, 0.6) is 5.75 Å². The lowest BCUT2D eigenvalue weighted by Crippen LogP contribution is -2.50. The lowest BCUT2D eigenvalue weighted by Gasteiger charge is -2.20. The SMILES string of the molecule is NC(=O)C1(N)CCC(Oc2ccc(CCO)cc2)C1. The molecule has 0 heterocycles. The topological polar surface area (TPSA) is 98.6 Å². The zero-order valence-corrected chi connectivity index (χ0v) is 10.8. The predicted molar refractivity (Wildman–Crippen MR) is 71.6 cm³/mol. The van der Waals surface area contributed by atoms with Crippen molar-refractivity contribution >= 4 is 5.91 Å². The fourth-order valence-electron chi connectivity index (χ4n) is 2.41. The first-order valence-electron chi connectivity index (χ1n) is 6.49. The van der Waals surface area contributed by atoms with E-state index in [9.17, 15) is 4.79 Å². The molecule has 104 valence electrons. The molecular formula is C14H20N2O3. The smallest absolute Gasteiger partial charge is 0.237 e. The normalized spacial score (nSPS) is 26.3. The lowest BCUT2D eigenvalue weighted by molar-refractivity contribution is -0.123. The number of rotatable bonds is 5. The molecule has 2 unspecified atom stereocenters. The van der Waals surface area contributed by atoms with Crippen LogP contribution in [0.1, 0.15) is 24.8 Å². The maximum Gasteiger partial charge on any atom is 0.237 e. The summed E-state index contributed by atoms with van der Waals surface area (Å²) in [5.74, 6) is 0.289. The second kappa shape index (κ2) is 5.59. The Morgan fingerprint density at radius 2 is 2.11 bits per heavy atom. The number of ether oxygens (including phenoxy) is 1. The third-order valence-corrected chi connectivity index (χ3v) is 3.62. The Kier molecular flexibility index (Phi) is 4.07. The highest BCUT2D eigenvalue weighted by Gasteiger charge is 2.41. The van der Waals surface area contributed by atoms with E-state index in [2.05, 4.69) is 0 Å². The van der Waals surface area contributed by atoms with Gasteiger partial charge in [-0.25, -0.2) is 0 Å². The monoisotopic (exact) mass is 264 g/mol. The number of hydrogen-bond donors (Lipinski definition) is 3. The van der Waals surface area contributed by atoms with Gasteiger partial charge in [0.15, 0.2) is 0 Å². The second-order valence-electron chi connectivity index (χ2n) is 5.12. The molecule has 2 rings (SSSR count). The Hall–Kier alpha value is -1.59. The maximum atomic E-state index is 11.3. The minimum absolute atomic E-state index is 0.0683. The Labute approximate surface area is 112 Å². The van der Waals surface area contributed by atoms with Gasteiger partial charge in [0.25, 0.3) is 0 Å². The van der Waals surface area contributed by atoms with E-state index in [0.29, 0.717) is 19.3 Å². The molecule has 0 aliphatic heterocycles. The zero-order valence-electron chi connectivity index (χ0n) is 10.8. The van der Waals surface area contributed by atoms with Crippen molar-refractivity contribution in [3.63, 3.8) is 0 Å². The summed E-state index contributed by atoms with van der Waals surface area (Å²) in [7, 11) is 0. The number of hydrogen-bond acceptors (Lipinski definition) is 4. The first kappa shape index (κ1) is 13.8. The first-order chi connectivity index (χ1) is 9.03. The van der Waals surface area contributed by atoms with E-state index in [1.165, 1.54) is 0 Å². The van der Waals surface area contributed by atoms with Gasteiger partial charge in [0, 0.05) is 13.0 Å². The second-order valence-corrected chi connectivity index (χ2v) is 5.12. The van der Waals surface area contributed by atoms with Gasteiger partial charge in [0.05, 0.1) is 5.54 Å². The highest BCUT2D eigenvalue weighted by Crippen LogP contribution is 2.30. The van der Waals surface area contributed by atoms with Crippen LogP contribution in [-0.2, 0) is 11.2 Å². The quantitative estimate of drug-likeness (QED) is 0.714. The summed E-state index contributed by atoms with van der Waals surface area (Å²) in [6, 6.07) is 7.58. The van der Waals surface area contributed by atoms with Crippen LogP contribution in [0.3, 0.4) is 0 Å². The van der Waals surface area contributed by atoms with E-state index in [1.807, 2.05) is 24.3 Å². The molecule has 5 heteroatoms. The summed E-state index contributed by atoms with van der Waals surface area (Å²) >= 11 is 0. The molecule has 1 fully saturated rings. The fourth-order valence-corrected chi connectivity index (χ4v) is 2.41. The van der Waals surface area contributed by atoms with Crippen LogP contribution in [0.25, 0.3) is 0 Å². The molecule has 1 aliphatic carbocycles. The molecule has 1 saturated carbocycles. The summed E-state index contributed by atoms with van der Waals surface area (Å²) in [6.45, 7) is 0.136. The Morgan fingerprint density at radius 3 is 2.63 bits per heavy atom.